The van der Waals surface area contributed by atoms with E-state index >= 15 is 0 Å². The smallest absolute Gasteiger partial charge is 0.351 e. The predicted molar refractivity (Wildman–Crippen MR) is 126 cm³/mol. The van der Waals surface area contributed by atoms with Crippen LogP contribution in [0.2, 0.25) is 0 Å². The number of unbranched alkanes of at least 4 members (excludes halogenated alkanes) is 3. The second-order valence-electron chi connectivity index (χ2n) is 8.93. The van der Waals surface area contributed by atoms with Crippen molar-refractivity contribution in [2.24, 2.45) is 5.92 Å². The molecule has 1 unspecified atom stereocenters. The number of hydrogen-bond acceptors (Lipinski definition) is 7. The van der Waals surface area contributed by atoms with Crippen LogP contribution in [-0.4, -0.2) is 51.6 Å². The zero-order valence-corrected chi connectivity index (χ0v) is 19.7. The number of anilines is 1. The summed E-state index contributed by atoms with van der Waals surface area (Å²) >= 11 is 0. The van der Waals surface area contributed by atoms with E-state index in [-0.39, 0.29) is 35.8 Å². The molecule has 4 rings (SSSR count). The number of nitrogens with two attached hydrogens (primary N) is 1. The highest BCUT2D eigenvalue weighted by molar-refractivity contribution is 6.21. The van der Waals surface area contributed by atoms with Gasteiger partial charge < -0.3 is 15.2 Å². The molecule has 3 heterocycles. The Morgan fingerprint density at radius 3 is 2.35 bits per heavy atom. The van der Waals surface area contributed by atoms with Gasteiger partial charge in [-0.1, -0.05) is 38.8 Å². The maximum Gasteiger partial charge on any atom is 0.351 e. The van der Waals surface area contributed by atoms with Crippen molar-refractivity contribution in [1.82, 2.24) is 14.5 Å². The van der Waals surface area contributed by atoms with Crippen molar-refractivity contribution in [3.05, 3.63) is 58.1 Å². The van der Waals surface area contributed by atoms with Crippen LogP contribution in [0.15, 0.2) is 41.3 Å². The second kappa shape index (κ2) is 10.5. The van der Waals surface area contributed by atoms with Crippen LogP contribution in [0.25, 0.3) is 0 Å². The van der Waals surface area contributed by atoms with Gasteiger partial charge in [-0.25, -0.2) is 4.79 Å². The van der Waals surface area contributed by atoms with Gasteiger partial charge in [0, 0.05) is 25.3 Å². The second-order valence-corrected chi connectivity index (χ2v) is 8.93. The first kappa shape index (κ1) is 24.1. The normalized spacial score (nSPS) is 24.1. The van der Waals surface area contributed by atoms with Crippen molar-refractivity contribution < 1.29 is 19.1 Å². The molecule has 1 aromatic carbocycles. The Labute approximate surface area is 198 Å². The third-order valence-electron chi connectivity index (χ3n) is 6.69. The standard InChI is InChI=1S/C25H32N4O5/c1-3-19-16(2)21(24(34-19)29-14-12-20(26)27-25(29)32)33-15-9-5-4-8-13-28-22(30)17-10-6-7-11-18(17)23(28)31/h6-7,10-12,14,16,19,21,24H,3-5,8-9,13,15H2,1-2H3,(H2,26,27,32)/t16-,19+,21?,24+/m0/s1. The molecule has 34 heavy (non-hydrogen) atoms. The molecule has 0 saturated carbocycles. The summed E-state index contributed by atoms with van der Waals surface area (Å²) in [7, 11) is 0. The van der Waals surface area contributed by atoms with Crippen LogP contribution in [0.3, 0.4) is 0 Å². The molecule has 9 heteroatoms. The van der Waals surface area contributed by atoms with Gasteiger partial charge in [0.1, 0.15) is 11.9 Å². The van der Waals surface area contributed by atoms with Gasteiger partial charge in [-0.2, -0.15) is 4.98 Å². The van der Waals surface area contributed by atoms with Crippen LogP contribution in [0, 0.1) is 5.92 Å². The minimum absolute atomic E-state index is 0.000823. The Morgan fingerprint density at radius 1 is 1.03 bits per heavy atom. The monoisotopic (exact) mass is 468 g/mol. The summed E-state index contributed by atoms with van der Waals surface area (Å²) in [5.74, 6) is -0.0996. The first-order valence-corrected chi connectivity index (χ1v) is 12.0. The Bertz CT molecular complexity index is 1070. The molecule has 2 amide bonds. The minimum atomic E-state index is -0.533. The van der Waals surface area contributed by atoms with E-state index in [2.05, 4.69) is 18.8 Å². The quantitative estimate of drug-likeness (QED) is 0.421. The molecule has 0 aliphatic carbocycles. The zero-order chi connectivity index (χ0) is 24.2. The van der Waals surface area contributed by atoms with Gasteiger partial charge in [-0.3, -0.25) is 19.1 Å². The van der Waals surface area contributed by atoms with Gasteiger partial charge in [-0.05, 0) is 37.5 Å². The summed E-state index contributed by atoms with van der Waals surface area (Å²) in [5.41, 5.74) is 6.15. The molecule has 2 aliphatic heterocycles. The average molecular weight is 469 g/mol. The number of aromatic nitrogens is 2. The lowest BCUT2D eigenvalue weighted by molar-refractivity contribution is -0.0671. The van der Waals surface area contributed by atoms with Gasteiger partial charge in [0.15, 0.2) is 6.23 Å². The summed E-state index contributed by atoms with van der Waals surface area (Å²) in [6, 6.07) is 8.53. The van der Waals surface area contributed by atoms with E-state index in [1.54, 1.807) is 36.5 Å². The maximum atomic E-state index is 12.4. The molecule has 0 radical (unpaired) electrons. The number of benzene rings is 1. The number of fused-ring (bicyclic) bond motifs is 1. The average Bonchev–Trinajstić information content (AvgIpc) is 3.27. The van der Waals surface area contributed by atoms with E-state index in [1.165, 1.54) is 9.47 Å². The summed E-state index contributed by atoms with van der Waals surface area (Å²) in [6.45, 7) is 5.10. The lowest BCUT2D eigenvalue weighted by Gasteiger charge is -2.23. The summed E-state index contributed by atoms with van der Waals surface area (Å²) < 4.78 is 13.8. The SMILES string of the molecule is CC[C@H]1O[C@@H](n2ccc(N)nc2=O)C(OCCCCCCN2C(=O)c3ccccc3C2=O)[C@H]1C. The van der Waals surface area contributed by atoms with Crippen molar-refractivity contribution in [1.29, 1.82) is 0 Å². The van der Waals surface area contributed by atoms with Crippen molar-refractivity contribution >= 4 is 17.6 Å². The molecular formula is C25H32N4O5. The number of carbonyl (C=O) groups is 2. The fourth-order valence-corrected chi connectivity index (χ4v) is 4.78. The lowest BCUT2D eigenvalue weighted by atomic mass is 9.98. The number of nitrogens with zero attached hydrogens (tertiary/aromatic N) is 3. The van der Waals surface area contributed by atoms with Gasteiger partial charge >= 0.3 is 5.69 Å². The lowest BCUT2D eigenvalue weighted by Crippen LogP contribution is -2.35. The van der Waals surface area contributed by atoms with E-state index < -0.39 is 11.9 Å². The first-order chi connectivity index (χ1) is 16.4. The number of nitrogen functional groups attached to an aromatic ring is 1. The highest BCUT2D eigenvalue weighted by Gasteiger charge is 2.43. The molecule has 0 spiro atoms. The molecule has 4 atom stereocenters. The highest BCUT2D eigenvalue weighted by Crippen LogP contribution is 2.36. The summed E-state index contributed by atoms with van der Waals surface area (Å²) in [4.78, 5) is 42.3. The number of imide groups is 1. The topological polar surface area (TPSA) is 117 Å². The molecule has 1 fully saturated rings. The number of carbonyl (C=O) groups excluding carboxylic acids is 2. The Kier molecular flexibility index (Phi) is 7.43. The van der Waals surface area contributed by atoms with E-state index in [0.29, 0.717) is 24.3 Å². The Balaban J connectivity index is 1.23. The number of ether oxygens (including phenoxy) is 2. The molecule has 182 valence electrons. The highest BCUT2D eigenvalue weighted by atomic mass is 16.6. The fraction of sp³-hybridized carbons (Fsp3) is 0.520. The van der Waals surface area contributed by atoms with Crippen molar-refractivity contribution in [2.75, 3.05) is 18.9 Å². The van der Waals surface area contributed by atoms with Crippen LogP contribution >= 0.6 is 0 Å². The third kappa shape index (κ3) is 4.76. The minimum Gasteiger partial charge on any atom is -0.383 e. The van der Waals surface area contributed by atoms with Crippen LogP contribution < -0.4 is 11.4 Å². The number of amides is 2. The molecule has 1 saturated heterocycles. The Morgan fingerprint density at radius 2 is 1.71 bits per heavy atom. The molecule has 9 nitrogen and oxygen atoms in total. The van der Waals surface area contributed by atoms with Crippen molar-refractivity contribution in [3.63, 3.8) is 0 Å². The molecular weight excluding hydrogens is 436 g/mol. The van der Waals surface area contributed by atoms with E-state index in [0.717, 1.165) is 32.1 Å². The molecule has 2 aliphatic rings. The molecule has 2 aromatic rings. The fourth-order valence-electron chi connectivity index (χ4n) is 4.78. The summed E-state index contributed by atoms with van der Waals surface area (Å²) in [6.07, 6.45) is 5.03. The zero-order valence-electron chi connectivity index (χ0n) is 19.7. The van der Waals surface area contributed by atoms with Gasteiger partial charge in [0.2, 0.25) is 0 Å². The summed E-state index contributed by atoms with van der Waals surface area (Å²) in [5, 5.41) is 0. The Hall–Kier alpha value is -3.04. The van der Waals surface area contributed by atoms with Gasteiger partial charge in [0.25, 0.3) is 11.8 Å². The number of rotatable bonds is 10. The molecule has 0 bridgehead atoms. The van der Waals surface area contributed by atoms with E-state index in [9.17, 15) is 14.4 Å². The first-order valence-electron chi connectivity index (χ1n) is 12.0. The third-order valence-corrected chi connectivity index (χ3v) is 6.69. The van der Waals surface area contributed by atoms with Crippen LogP contribution in [-0.2, 0) is 9.47 Å². The van der Waals surface area contributed by atoms with Crippen LogP contribution in [0.4, 0.5) is 5.82 Å². The number of hydrogen-bond donors (Lipinski definition) is 1. The van der Waals surface area contributed by atoms with E-state index in [1.807, 2.05) is 0 Å². The van der Waals surface area contributed by atoms with Crippen LogP contribution in [0.1, 0.15) is 72.9 Å². The largest absolute Gasteiger partial charge is 0.383 e. The van der Waals surface area contributed by atoms with E-state index in [4.69, 9.17) is 15.2 Å². The maximum absolute atomic E-state index is 12.4. The van der Waals surface area contributed by atoms with Crippen molar-refractivity contribution in [2.45, 2.75) is 64.4 Å². The molecule has 2 N–H and O–H groups in total. The predicted octanol–water partition coefficient (Wildman–Crippen LogP) is 3.01. The molecule has 1 aromatic heterocycles. The van der Waals surface area contributed by atoms with Crippen LogP contribution in [0.5, 0.6) is 0 Å². The van der Waals surface area contributed by atoms with Gasteiger partial charge in [-0.15, -0.1) is 0 Å². The van der Waals surface area contributed by atoms with Crippen molar-refractivity contribution in [3.8, 4) is 0 Å². The van der Waals surface area contributed by atoms with Gasteiger partial charge in [0.05, 0.1) is 17.2 Å².